The molecule has 0 radical (unpaired) electrons. The molecular weight excluding hydrogens is 937 g/mol. The Morgan fingerprint density at radius 3 is 1.99 bits per heavy atom. The van der Waals surface area contributed by atoms with Gasteiger partial charge in [0.15, 0.2) is 22.9 Å². The lowest BCUT2D eigenvalue weighted by Gasteiger charge is -2.24. The van der Waals surface area contributed by atoms with Gasteiger partial charge in [-0.15, -0.1) is 0 Å². The number of nitrogens with two attached hydrogens (primary N) is 3. The van der Waals surface area contributed by atoms with E-state index in [4.69, 9.17) is 17.2 Å². The zero-order valence-electron chi connectivity index (χ0n) is 36.5. The van der Waals surface area contributed by atoms with E-state index in [0.29, 0.717) is 17.1 Å². The highest BCUT2D eigenvalue weighted by Crippen LogP contribution is 2.22. The second-order valence-corrected chi connectivity index (χ2v) is 17.7. The summed E-state index contributed by atoms with van der Waals surface area (Å²) in [5.41, 5.74) is 16.7. The van der Waals surface area contributed by atoms with Gasteiger partial charge in [0.1, 0.15) is 17.9 Å². The summed E-state index contributed by atoms with van der Waals surface area (Å²) in [6.07, 6.45) is -3.07. The van der Waals surface area contributed by atoms with Crippen LogP contribution < -0.4 is 44.0 Å². The Morgan fingerprint density at radius 1 is 0.779 bits per heavy atom. The van der Waals surface area contributed by atoms with E-state index in [1.54, 1.807) is 0 Å². The smallest absolute Gasteiger partial charge is 0.327 e. The molecular formula is C40H52N12O14S2. The van der Waals surface area contributed by atoms with Crippen molar-refractivity contribution in [2.45, 2.75) is 83.0 Å². The first-order chi connectivity index (χ1) is 32.2. The molecule has 26 nitrogen and oxygen atoms in total. The fourth-order valence-corrected chi connectivity index (χ4v) is 8.08. The number of benzene rings is 1. The molecule has 3 rings (SSSR count). The number of nitrogens with zero attached hydrogens (tertiary/aromatic N) is 4. The molecule has 0 bridgehead atoms. The van der Waals surface area contributed by atoms with Gasteiger partial charge in [-0.3, -0.25) is 48.3 Å². The van der Waals surface area contributed by atoms with Gasteiger partial charge in [0.05, 0.1) is 49.2 Å². The number of amides is 3. The molecule has 0 unspecified atom stereocenters. The maximum Gasteiger partial charge on any atom is 0.327 e. The van der Waals surface area contributed by atoms with Crippen LogP contribution in [0.25, 0.3) is 11.2 Å². The van der Waals surface area contributed by atoms with Gasteiger partial charge in [0, 0.05) is 48.6 Å². The third-order valence-corrected chi connectivity index (χ3v) is 12.1. The number of guanidine groups is 1. The minimum Gasteiger partial charge on any atom is -0.481 e. The molecule has 2 heterocycles. The lowest BCUT2D eigenvalue weighted by Crippen LogP contribution is -2.48. The van der Waals surface area contributed by atoms with Crippen LogP contribution in [0.1, 0.15) is 74.3 Å². The lowest BCUT2D eigenvalue weighted by atomic mass is 9.91. The van der Waals surface area contributed by atoms with E-state index in [0.717, 1.165) is 10.8 Å². The number of Topliss-reactive ketones (excluding diaryl/α,β-unsaturated/α-hetero) is 2. The van der Waals surface area contributed by atoms with E-state index in [1.165, 1.54) is 41.3 Å². The Morgan fingerprint density at radius 2 is 1.40 bits per heavy atom. The Kier molecular flexibility index (Phi) is 22.1. The summed E-state index contributed by atoms with van der Waals surface area (Å²) in [6.45, 7) is 1.90. The van der Waals surface area contributed by atoms with Crippen LogP contribution in [0.15, 0.2) is 40.2 Å². The normalized spacial score (nSPS) is 13.1. The summed E-state index contributed by atoms with van der Waals surface area (Å²) in [5.74, 6) is -13.5. The molecule has 2 aromatic heterocycles. The molecule has 3 amide bonds. The molecule has 0 fully saturated rings. The fourth-order valence-electron chi connectivity index (χ4n) is 6.26. The molecule has 0 saturated heterocycles. The number of H-pyrrole nitrogens is 1. The Bertz CT molecular complexity index is 2420. The Labute approximate surface area is 394 Å². The van der Waals surface area contributed by atoms with Crippen LogP contribution in [0.5, 0.6) is 0 Å². The number of aliphatic imine (C=N–C) groups is 1. The van der Waals surface area contributed by atoms with E-state index in [2.05, 4.69) is 46.2 Å². The first kappa shape index (κ1) is 55.0. The van der Waals surface area contributed by atoms with Crippen molar-refractivity contribution in [2.75, 3.05) is 29.1 Å². The number of anilines is 2. The number of ketones is 2. The molecule has 1 aromatic carbocycles. The average molecular weight is 989 g/mol. The maximum atomic E-state index is 13.7. The van der Waals surface area contributed by atoms with Crippen LogP contribution in [0.4, 0.5) is 11.6 Å². The second-order valence-electron chi connectivity index (χ2n) is 14.9. The monoisotopic (exact) mass is 988 g/mol. The highest BCUT2D eigenvalue weighted by atomic mass is 33.1. The Hall–Kier alpha value is -7.36. The molecule has 28 heteroatoms. The highest BCUT2D eigenvalue weighted by Gasteiger charge is 2.34. The average Bonchev–Trinajstić information content (AvgIpc) is 3.26. The predicted molar refractivity (Wildman–Crippen MR) is 247 cm³/mol. The van der Waals surface area contributed by atoms with Gasteiger partial charge in [0.25, 0.3) is 11.5 Å². The quantitative estimate of drug-likeness (QED) is 0.0167. The molecule has 0 saturated carbocycles. The number of carbonyl (C=O) groups is 9. The van der Waals surface area contributed by atoms with E-state index < -0.39 is 127 Å². The van der Waals surface area contributed by atoms with Crippen molar-refractivity contribution in [3.63, 3.8) is 0 Å². The molecule has 15 N–H and O–H groups in total. The molecule has 0 aliphatic heterocycles. The lowest BCUT2D eigenvalue weighted by molar-refractivity contribution is -0.144. The summed E-state index contributed by atoms with van der Waals surface area (Å²) in [4.78, 5) is 145. The number of carboxylic acid groups (broad SMARTS) is 4. The number of aliphatic carboxylic acids is 4. The van der Waals surface area contributed by atoms with Gasteiger partial charge >= 0.3 is 23.9 Å². The van der Waals surface area contributed by atoms with Crippen molar-refractivity contribution in [1.82, 2.24) is 35.9 Å². The van der Waals surface area contributed by atoms with Crippen molar-refractivity contribution >= 4 is 104 Å². The summed E-state index contributed by atoms with van der Waals surface area (Å²) in [7, 11) is 2.48. The van der Waals surface area contributed by atoms with Crippen molar-refractivity contribution < 1.29 is 63.6 Å². The number of hydrogen-bond donors (Lipinski definition) is 12. The predicted octanol–water partition coefficient (Wildman–Crippen LogP) is -0.520. The number of rotatable bonds is 31. The van der Waals surface area contributed by atoms with Gasteiger partial charge in [-0.05, 0) is 43.5 Å². The van der Waals surface area contributed by atoms with E-state index >= 15 is 0 Å². The summed E-state index contributed by atoms with van der Waals surface area (Å²) in [6, 6.07) is 1.31. The second kappa shape index (κ2) is 27.3. The van der Waals surface area contributed by atoms with Crippen LogP contribution in [0.2, 0.25) is 0 Å². The van der Waals surface area contributed by atoms with E-state index in [1.807, 2.05) is 6.92 Å². The van der Waals surface area contributed by atoms with E-state index in [9.17, 15) is 68.4 Å². The highest BCUT2D eigenvalue weighted by molar-refractivity contribution is 8.76. The van der Waals surface area contributed by atoms with Gasteiger partial charge in [-0.1, -0.05) is 28.5 Å². The van der Waals surface area contributed by atoms with Crippen molar-refractivity contribution in [1.29, 1.82) is 0 Å². The van der Waals surface area contributed by atoms with Crippen molar-refractivity contribution in [3.8, 4) is 0 Å². The van der Waals surface area contributed by atoms with Crippen LogP contribution in [-0.4, -0.2) is 136 Å². The third kappa shape index (κ3) is 18.9. The van der Waals surface area contributed by atoms with Crippen molar-refractivity contribution in [3.05, 3.63) is 52.1 Å². The third-order valence-electron chi connectivity index (χ3n) is 9.63. The molecule has 0 spiro atoms. The van der Waals surface area contributed by atoms with Crippen molar-refractivity contribution in [2.24, 2.45) is 28.3 Å². The zero-order valence-corrected chi connectivity index (χ0v) is 38.1. The summed E-state index contributed by atoms with van der Waals surface area (Å²) < 4.78 is 0. The number of aromatic nitrogens is 4. The largest absolute Gasteiger partial charge is 0.481 e. The minimum atomic E-state index is -1.60. The molecule has 68 heavy (non-hydrogen) atoms. The fraction of sp³-hybridized carbons (Fsp3) is 0.450. The van der Waals surface area contributed by atoms with Crippen LogP contribution in [0, 0.1) is 11.8 Å². The summed E-state index contributed by atoms with van der Waals surface area (Å²) in [5, 5.41) is 48.6. The molecule has 5 atom stereocenters. The van der Waals surface area contributed by atoms with Gasteiger partial charge < -0.3 is 58.9 Å². The zero-order chi connectivity index (χ0) is 50.5. The first-order valence-corrected chi connectivity index (χ1v) is 23.2. The molecule has 368 valence electrons. The number of aromatic amines is 1. The Balaban J connectivity index is 1.67. The topological polar surface area (TPSA) is 445 Å². The number of fused-ring (bicyclic) bond motifs is 1. The standard InChI is InChI=1S/C40H52N12O14S2/c1-2-67-68-18-27(38(65)66)50-35(61)21(15-30(57)58)13-28(54)25(4-3-11-44-39(41)42)48-34(60)20(14-29(55)56)12-24(53)9-10-26(37(63)64)49-33(59)19-5-7-22(8-6-19)45-16-23-17-46-32-31(47-23)36(62)52-40(43)51-32/h5-8,17,20-21,25-27,45H,2-4,9-16,18H2,1H3,(H,48,60)(H,49,59)(H,50,61)(H,55,56)(H,57,58)(H,63,64)(H,65,66)(H4,41,42,44)(H3,43,46,51,52,62)/t20-,21-,25-,26-,27-/m0/s1. The molecule has 3 aromatic rings. The van der Waals surface area contributed by atoms with Crippen LogP contribution in [-0.2, 0) is 44.9 Å². The molecule has 0 aliphatic rings. The maximum absolute atomic E-state index is 13.7. The van der Waals surface area contributed by atoms with Crippen LogP contribution in [0.3, 0.4) is 0 Å². The summed E-state index contributed by atoms with van der Waals surface area (Å²) >= 11 is 0. The molecule has 0 aliphatic carbocycles. The number of hydrogen-bond acceptors (Lipinski definition) is 18. The van der Waals surface area contributed by atoms with Gasteiger partial charge in [0.2, 0.25) is 17.8 Å². The first-order valence-electron chi connectivity index (χ1n) is 20.7. The van der Waals surface area contributed by atoms with Gasteiger partial charge in [-0.2, -0.15) is 4.98 Å². The number of carboxylic acids is 4. The van der Waals surface area contributed by atoms with Gasteiger partial charge in [-0.25, -0.2) is 19.6 Å². The van der Waals surface area contributed by atoms with Crippen LogP contribution >= 0.6 is 21.6 Å². The SMILES string of the molecule is CCSSC[C@H](NC(=O)[C@H](CC(=O)O)CC(=O)[C@H](CCCN=C(N)N)NC(=O)[C@H](CC(=O)O)CC(=O)CC[C@H](NC(=O)c1ccc(NCc2cnc3nc(N)[nH]c(=O)c3n2)cc1)C(=O)O)C(=O)O. The minimum absolute atomic E-state index is 0.0186. The number of nitrogen functional groups attached to an aromatic ring is 1. The number of carbonyl (C=O) groups excluding carboxylic acids is 5. The number of nitrogens with one attached hydrogen (secondary N) is 5. The van der Waals surface area contributed by atoms with E-state index in [-0.39, 0.29) is 60.3 Å².